The van der Waals surface area contributed by atoms with Gasteiger partial charge in [0.25, 0.3) is 0 Å². The van der Waals surface area contributed by atoms with E-state index in [-0.39, 0.29) is 0 Å². The van der Waals surface area contributed by atoms with E-state index in [1.54, 1.807) is 42.5 Å². The Balaban J connectivity index is 2.58. The molecule has 0 N–H and O–H groups in total. The highest BCUT2D eigenvalue weighted by Crippen LogP contribution is 2.28. The van der Waals surface area contributed by atoms with Gasteiger partial charge in [-0.3, -0.25) is 0 Å². The molecule has 0 aliphatic rings. The Morgan fingerprint density at radius 3 is 2.11 bits per heavy atom. The van der Waals surface area contributed by atoms with Crippen molar-refractivity contribution in [2.45, 2.75) is 5.92 Å². The van der Waals surface area contributed by atoms with Crippen LogP contribution in [0.25, 0.3) is 0 Å². The summed E-state index contributed by atoms with van der Waals surface area (Å²) in [7, 11) is 0. The van der Waals surface area contributed by atoms with Gasteiger partial charge in [0.1, 0.15) is 11.7 Å². The molecule has 0 aliphatic carbocycles. The maximum Gasteiger partial charge on any atom is 0.128 e. The minimum Gasteiger partial charge on any atom is -0.207 e. The Labute approximate surface area is 105 Å². The van der Waals surface area contributed by atoms with Gasteiger partial charge < -0.3 is 0 Å². The first kappa shape index (κ1) is 11.8. The summed E-state index contributed by atoms with van der Waals surface area (Å²) in [6.45, 7) is 0. The van der Waals surface area contributed by atoms with Crippen LogP contribution in [0.5, 0.6) is 0 Å². The van der Waals surface area contributed by atoms with Crippen LogP contribution in [0.15, 0.2) is 48.5 Å². The Bertz CT molecular complexity index is 650. The molecule has 0 amide bonds. The van der Waals surface area contributed by atoms with E-state index in [1.807, 2.05) is 6.07 Å². The molecule has 3 heteroatoms. The van der Waals surface area contributed by atoms with Crippen LogP contribution in [-0.2, 0) is 0 Å². The lowest BCUT2D eigenvalue weighted by atomic mass is 9.89. The summed E-state index contributed by atoms with van der Waals surface area (Å²) in [6, 6.07) is 17.0. The summed E-state index contributed by atoms with van der Waals surface area (Å²) in [6.07, 6.45) is 0. The van der Waals surface area contributed by atoms with Gasteiger partial charge in [-0.05, 0) is 17.7 Å². The second-order valence-electron chi connectivity index (χ2n) is 3.78. The second-order valence-corrected chi connectivity index (χ2v) is 3.78. The summed E-state index contributed by atoms with van der Waals surface area (Å²) in [5, 5.41) is 18.3. The molecule has 0 heterocycles. The quantitative estimate of drug-likeness (QED) is 0.802. The fraction of sp³-hybridized carbons (Fsp3) is 0.0667. The van der Waals surface area contributed by atoms with E-state index in [9.17, 15) is 9.65 Å². The number of halogens is 1. The molecule has 2 aromatic rings. The van der Waals surface area contributed by atoms with Crippen molar-refractivity contribution >= 4 is 0 Å². The maximum absolute atomic E-state index is 13.7. The standard InChI is InChI=1S/C15H9FN2/c16-15-8-4-3-7-13(15)14(10-18)12-6-2-1-5-11(12)9-17/h1-8,14H. The summed E-state index contributed by atoms with van der Waals surface area (Å²) >= 11 is 0. The van der Waals surface area contributed by atoms with Gasteiger partial charge in [0.05, 0.1) is 17.7 Å². The van der Waals surface area contributed by atoms with Crippen LogP contribution in [0.1, 0.15) is 22.6 Å². The molecule has 86 valence electrons. The minimum absolute atomic E-state index is 0.294. The van der Waals surface area contributed by atoms with E-state index >= 15 is 0 Å². The van der Waals surface area contributed by atoms with Crippen LogP contribution in [0, 0.1) is 28.5 Å². The maximum atomic E-state index is 13.7. The topological polar surface area (TPSA) is 47.6 Å². The van der Waals surface area contributed by atoms with E-state index in [4.69, 9.17) is 5.26 Å². The van der Waals surface area contributed by atoms with Gasteiger partial charge in [0.15, 0.2) is 0 Å². The van der Waals surface area contributed by atoms with E-state index in [1.165, 1.54) is 6.07 Å². The van der Waals surface area contributed by atoms with Crippen molar-refractivity contribution in [3.05, 3.63) is 71.0 Å². The first-order valence-electron chi connectivity index (χ1n) is 5.41. The van der Waals surface area contributed by atoms with E-state index < -0.39 is 11.7 Å². The minimum atomic E-state index is -0.762. The lowest BCUT2D eigenvalue weighted by Crippen LogP contribution is -2.03. The Kier molecular flexibility index (Phi) is 3.36. The van der Waals surface area contributed by atoms with Crippen LogP contribution >= 0.6 is 0 Å². The average Bonchev–Trinajstić information content (AvgIpc) is 2.42. The van der Waals surface area contributed by atoms with Gasteiger partial charge in [0.2, 0.25) is 0 Å². The zero-order chi connectivity index (χ0) is 13.0. The molecule has 0 aromatic heterocycles. The van der Waals surface area contributed by atoms with Crippen LogP contribution in [0.2, 0.25) is 0 Å². The molecule has 1 atom stereocenters. The lowest BCUT2D eigenvalue weighted by Gasteiger charge is -2.12. The molecule has 1 unspecified atom stereocenters. The molecule has 0 saturated carbocycles. The van der Waals surface area contributed by atoms with Gasteiger partial charge in [-0.1, -0.05) is 36.4 Å². The largest absolute Gasteiger partial charge is 0.207 e. The zero-order valence-corrected chi connectivity index (χ0v) is 9.47. The molecule has 18 heavy (non-hydrogen) atoms. The molecule has 0 aliphatic heterocycles. The number of hydrogen-bond acceptors (Lipinski definition) is 2. The number of benzene rings is 2. The summed E-state index contributed by atoms with van der Waals surface area (Å²) < 4.78 is 13.7. The van der Waals surface area contributed by atoms with Crippen LogP contribution in [0.4, 0.5) is 4.39 Å². The molecule has 2 aromatic carbocycles. The summed E-state index contributed by atoms with van der Waals surface area (Å²) in [4.78, 5) is 0. The summed E-state index contributed by atoms with van der Waals surface area (Å²) in [5.74, 6) is -1.20. The van der Waals surface area contributed by atoms with Crippen LogP contribution < -0.4 is 0 Å². The Morgan fingerprint density at radius 1 is 0.889 bits per heavy atom. The van der Waals surface area contributed by atoms with Crippen molar-refractivity contribution in [3.8, 4) is 12.1 Å². The molecule has 0 spiro atoms. The Hall–Kier alpha value is -2.65. The highest BCUT2D eigenvalue weighted by Gasteiger charge is 2.19. The smallest absolute Gasteiger partial charge is 0.128 e. The van der Waals surface area contributed by atoms with E-state index in [0.717, 1.165) is 0 Å². The predicted molar refractivity (Wildman–Crippen MR) is 65.0 cm³/mol. The van der Waals surface area contributed by atoms with Gasteiger partial charge in [-0.2, -0.15) is 10.5 Å². The first-order valence-corrected chi connectivity index (χ1v) is 5.41. The molecule has 2 rings (SSSR count). The number of nitriles is 2. The molecule has 0 saturated heterocycles. The van der Waals surface area contributed by atoms with E-state index in [0.29, 0.717) is 16.7 Å². The summed E-state index contributed by atoms with van der Waals surface area (Å²) in [5.41, 5.74) is 1.22. The molecule has 0 fully saturated rings. The molecular formula is C15H9FN2. The third-order valence-corrected chi connectivity index (χ3v) is 2.74. The number of hydrogen-bond donors (Lipinski definition) is 0. The third kappa shape index (κ3) is 2.07. The van der Waals surface area contributed by atoms with Gasteiger partial charge in [-0.15, -0.1) is 0 Å². The highest BCUT2D eigenvalue weighted by molar-refractivity contribution is 5.47. The lowest BCUT2D eigenvalue weighted by molar-refractivity contribution is 0.609. The second kappa shape index (κ2) is 5.12. The molecule has 2 nitrogen and oxygen atoms in total. The van der Waals surface area contributed by atoms with Crippen molar-refractivity contribution in [1.82, 2.24) is 0 Å². The number of rotatable bonds is 2. The monoisotopic (exact) mass is 236 g/mol. The van der Waals surface area contributed by atoms with Gasteiger partial charge >= 0.3 is 0 Å². The van der Waals surface area contributed by atoms with Gasteiger partial charge in [0, 0.05) is 5.56 Å². The Morgan fingerprint density at radius 2 is 1.50 bits per heavy atom. The van der Waals surface area contributed by atoms with Gasteiger partial charge in [-0.25, -0.2) is 4.39 Å². The first-order chi connectivity index (χ1) is 8.77. The number of nitrogens with zero attached hydrogens (tertiary/aromatic N) is 2. The van der Waals surface area contributed by atoms with Crippen molar-refractivity contribution in [1.29, 1.82) is 10.5 Å². The molecule has 0 bridgehead atoms. The van der Waals surface area contributed by atoms with Crippen molar-refractivity contribution < 1.29 is 4.39 Å². The highest BCUT2D eigenvalue weighted by atomic mass is 19.1. The van der Waals surface area contributed by atoms with Crippen molar-refractivity contribution in [2.75, 3.05) is 0 Å². The average molecular weight is 236 g/mol. The SMILES string of the molecule is N#Cc1ccccc1C(C#N)c1ccccc1F. The molecular weight excluding hydrogens is 227 g/mol. The normalized spacial score (nSPS) is 11.3. The third-order valence-electron chi connectivity index (χ3n) is 2.74. The molecule has 0 radical (unpaired) electrons. The van der Waals surface area contributed by atoms with Crippen molar-refractivity contribution in [2.24, 2.45) is 0 Å². The zero-order valence-electron chi connectivity index (χ0n) is 9.47. The van der Waals surface area contributed by atoms with Crippen LogP contribution in [-0.4, -0.2) is 0 Å². The fourth-order valence-corrected chi connectivity index (χ4v) is 1.87. The van der Waals surface area contributed by atoms with Crippen molar-refractivity contribution in [3.63, 3.8) is 0 Å². The fourth-order valence-electron chi connectivity index (χ4n) is 1.87. The van der Waals surface area contributed by atoms with Crippen LogP contribution in [0.3, 0.4) is 0 Å². The predicted octanol–water partition coefficient (Wildman–Crippen LogP) is 3.35. The van der Waals surface area contributed by atoms with E-state index in [2.05, 4.69) is 6.07 Å².